The van der Waals surface area contributed by atoms with Gasteiger partial charge in [0.15, 0.2) is 11.6 Å². The number of nitrogens with zero attached hydrogens (tertiary/aromatic N) is 4. The number of aromatic nitrogens is 3. The number of aliphatic hydroxyl groups excluding tert-OH is 2. The molecular formula is C28H25N5O6. The van der Waals surface area contributed by atoms with Crippen molar-refractivity contribution in [2.45, 2.75) is 36.3 Å². The van der Waals surface area contributed by atoms with E-state index in [4.69, 9.17) is 15.2 Å². The number of hydrogen-bond donors (Lipinski definition) is 3. The van der Waals surface area contributed by atoms with Crippen molar-refractivity contribution < 1.29 is 29.3 Å². The van der Waals surface area contributed by atoms with Gasteiger partial charge in [-0.05, 0) is 30.7 Å². The number of nitrogens with two attached hydrogens (primary N) is 1. The number of hydrogen-bond acceptors (Lipinski definition) is 10. The number of methoxy groups -OCH3 is 1. The largest absolute Gasteiger partial charge is 0.468 e. The Morgan fingerprint density at radius 1 is 1.13 bits per heavy atom. The van der Waals surface area contributed by atoms with Gasteiger partial charge in [0.05, 0.1) is 12.8 Å². The quantitative estimate of drug-likeness (QED) is 0.246. The molecule has 1 saturated heterocycles. The van der Waals surface area contributed by atoms with Crippen LogP contribution in [-0.2, 0) is 25.3 Å². The van der Waals surface area contributed by atoms with Gasteiger partial charge >= 0.3 is 5.97 Å². The molecule has 4 aromatic rings. The van der Waals surface area contributed by atoms with Crippen LogP contribution in [-0.4, -0.2) is 62.0 Å². The first kappa shape index (κ1) is 26.0. The molecule has 1 aliphatic rings. The predicted molar refractivity (Wildman–Crippen MR) is 137 cm³/mol. The number of fused-ring (bicyclic) bond motifs is 1. The van der Waals surface area contributed by atoms with Crippen LogP contribution in [0.2, 0.25) is 0 Å². The van der Waals surface area contributed by atoms with E-state index in [1.54, 1.807) is 54.6 Å². The Bertz CT molecular complexity index is 1620. The van der Waals surface area contributed by atoms with Gasteiger partial charge in [-0.2, -0.15) is 10.4 Å². The number of nitriles is 1. The van der Waals surface area contributed by atoms with E-state index in [1.165, 1.54) is 37.0 Å². The van der Waals surface area contributed by atoms with E-state index >= 15 is 0 Å². The summed E-state index contributed by atoms with van der Waals surface area (Å²) in [7, 11) is 1.18. The summed E-state index contributed by atoms with van der Waals surface area (Å²) in [6.07, 6.45) is -3.79. The first-order valence-electron chi connectivity index (χ1n) is 12.0. The van der Waals surface area contributed by atoms with Crippen molar-refractivity contribution in [3.63, 3.8) is 0 Å². The summed E-state index contributed by atoms with van der Waals surface area (Å²) in [4.78, 5) is 30.4. The lowest BCUT2D eigenvalue weighted by Crippen LogP contribution is -2.50. The molecule has 11 heteroatoms. The lowest BCUT2D eigenvalue weighted by atomic mass is 9.74. The molecule has 39 heavy (non-hydrogen) atoms. The highest BCUT2D eigenvalue weighted by molar-refractivity contribution is 6.09. The zero-order chi connectivity index (χ0) is 27.9. The van der Waals surface area contributed by atoms with Gasteiger partial charge in [0.25, 0.3) is 0 Å². The third-order valence-electron chi connectivity index (χ3n) is 7.33. The molecule has 5 atom stereocenters. The highest BCUT2D eigenvalue weighted by Crippen LogP contribution is 2.47. The van der Waals surface area contributed by atoms with Crippen molar-refractivity contribution in [2.75, 3.05) is 12.8 Å². The minimum Gasteiger partial charge on any atom is -0.468 e. The van der Waals surface area contributed by atoms with Gasteiger partial charge in [0.2, 0.25) is 5.60 Å². The summed E-state index contributed by atoms with van der Waals surface area (Å²) in [5.74, 6) is -0.947. The average molecular weight is 528 g/mol. The molecule has 0 radical (unpaired) electrons. The Labute approximate surface area is 223 Å². The van der Waals surface area contributed by atoms with Crippen molar-refractivity contribution in [1.82, 2.24) is 14.6 Å². The number of ketones is 1. The van der Waals surface area contributed by atoms with E-state index in [2.05, 4.69) is 10.1 Å². The molecule has 0 bridgehead atoms. The first-order valence-corrected chi connectivity index (χ1v) is 12.0. The summed E-state index contributed by atoms with van der Waals surface area (Å²) in [5.41, 5.74) is 3.52. The molecule has 11 nitrogen and oxygen atoms in total. The van der Waals surface area contributed by atoms with Crippen LogP contribution in [0, 0.1) is 11.3 Å². The monoisotopic (exact) mass is 527 g/mol. The smallest absolute Gasteiger partial charge is 0.318 e. The lowest BCUT2D eigenvalue weighted by molar-refractivity contribution is -0.158. The van der Waals surface area contributed by atoms with Gasteiger partial charge in [-0.15, -0.1) is 0 Å². The van der Waals surface area contributed by atoms with Crippen LogP contribution in [0.5, 0.6) is 0 Å². The predicted octanol–water partition coefficient (Wildman–Crippen LogP) is 1.51. The Morgan fingerprint density at radius 2 is 1.85 bits per heavy atom. The van der Waals surface area contributed by atoms with Crippen LogP contribution >= 0.6 is 0 Å². The van der Waals surface area contributed by atoms with Gasteiger partial charge in [-0.25, -0.2) is 9.50 Å². The second kappa shape index (κ2) is 9.59. The van der Waals surface area contributed by atoms with Gasteiger partial charge < -0.3 is 25.4 Å². The van der Waals surface area contributed by atoms with E-state index < -0.39 is 35.3 Å². The van der Waals surface area contributed by atoms with E-state index in [0.29, 0.717) is 11.1 Å². The van der Waals surface area contributed by atoms with Gasteiger partial charge in [-0.1, -0.05) is 48.5 Å². The number of anilines is 1. The fraction of sp³-hybridized carbons (Fsp3) is 0.250. The summed E-state index contributed by atoms with van der Waals surface area (Å²) < 4.78 is 12.6. The van der Waals surface area contributed by atoms with Crippen LogP contribution in [0.4, 0.5) is 5.82 Å². The summed E-state index contributed by atoms with van der Waals surface area (Å²) in [5, 5.41) is 37.0. The van der Waals surface area contributed by atoms with E-state index in [-0.39, 0.29) is 28.4 Å². The third-order valence-corrected chi connectivity index (χ3v) is 7.33. The zero-order valence-corrected chi connectivity index (χ0v) is 21.1. The summed E-state index contributed by atoms with van der Waals surface area (Å²) in [6, 6.07) is 19.9. The van der Waals surface area contributed by atoms with Crippen LogP contribution in [0.25, 0.3) is 5.52 Å². The van der Waals surface area contributed by atoms with Crippen molar-refractivity contribution >= 4 is 23.1 Å². The van der Waals surface area contributed by atoms with Crippen molar-refractivity contribution in [3.8, 4) is 6.07 Å². The maximum Gasteiger partial charge on any atom is 0.318 e. The highest BCUT2D eigenvalue weighted by atomic mass is 16.6. The number of carbonyl (C=O) groups excluding carboxylic acids is 2. The SMILES string of the molecule is COC(=O)C(C)(c1cccc(C(=O)c2ccccc2)c1)[C@H]1O[C@@](C#N)(c2ccc3c(N)ncnn23)[C@H](O)[C@@H]1O. The standard InChI is InChI=1S/C28H25N5O6/c1-27(26(37)38-2,18-10-6-9-17(13-18)21(34)16-7-4-3-5-8-16)24-22(35)23(36)28(14-29,39-24)20-12-11-19-25(30)31-15-32-33(19)20/h3-13,15,22-24,35-36H,1-2H3,(H2,30,31,32)/t22-,23+,24-,27?,28-/m0/s1. The van der Waals surface area contributed by atoms with Crippen LogP contribution in [0.1, 0.15) is 34.1 Å². The van der Waals surface area contributed by atoms with Crippen LogP contribution in [0.15, 0.2) is 73.1 Å². The molecule has 2 aromatic heterocycles. The normalized spacial score (nSPS) is 24.1. The molecule has 0 aliphatic carbocycles. The maximum absolute atomic E-state index is 13.4. The second-order valence-electron chi connectivity index (χ2n) is 9.45. The zero-order valence-electron chi connectivity index (χ0n) is 21.1. The van der Waals surface area contributed by atoms with Gasteiger partial charge in [0, 0.05) is 11.1 Å². The number of esters is 1. The third kappa shape index (κ3) is 3.85. The van der Waals surface area contributed by atoms with Crippen LogP contribution < -0.4 is 5.73 Å². The number of aliphatic hydroxyl groups is 2. The fourth-order valence-electron chi connectivity index (χ4n) is 5.15. The Balaban J connectivity index is 1.62. The van der Waals surface area contributed by atoms with Gasteiger partial charge in [-0.3, -0.25) is 9.59 Å². The number of nitrogen functional groups attached to an aromatic ring is 1. The molecule has 5 rings (SSSR count). The number of ether oxygens (including phenoxy) is 2. The number of benzene rings is 2. The minimum absolute atomic E-state index is 0.0865. The Hall–Kier alpha value is -4.63. The van der Waals surface area contributed by atoms with Gasteiger partial charge in [0.1, 0.15) is 41.6 Å². The molecule has 2 aromatic carbocycles. The minimum atomic E-state index is -2.13. The van der Waals surface area contributed by atoms with Crippen LogP contribution in [0.3, 0.4) is 0 Å². The molecule has 3 heterocycles. The topological polar surface area (TPSA) is 173 Å². The molecule has 1 unspecified atom stereocenters. The summed E-state index contributed by atoms with van der Waals surface area (Å²) >= 11 is 0. The average Bonchev–Trinajstić information content (AvgIpc) is 3.53. The van der Waals surface area contributed by atoms with Crippen molar-refractivity contribution in [2.24, 2.45) is 0 Å². The fourth-order valence-corrected chi connectivity index (χ4v) is 5.15. The number of carbonyl (C=O) groups is 2. The second-order valence-corrected chi connectivity index (χ2v) is 9.45. The molecular weight excluding hydrogens is 502 g/mol. The molecule has 1 aliphatic heterocycles. The highest BCUT2D eigenvalue weighted by Gasteiger charge is 2.64. The van der Waals surface area contributed by atoms with E-state index in [9.17, 15) is 25.1 Å². The van der Waals surface area contributed by atoms with E-state index in [1.807, 2.05) is 6.07 Å². The molecule has 198 valence electrons. The first-order chi connectivity index (χ1) is 18.7. The molecule has 0 saturated carbocycles. The molecule has 4 N–H and O–H groups in total. The van der Waals surface area contributed by atoms with Crippen molar-refractivity contribution in [3.05, 3.63) is 95.4 Å². The van der Waals surface area contributed by atoms with E-state index in [0.717, 1.165) is 0 Å². The lowest BCUT2D eigenvalue weighted by Gasteiger charge is -2.35. The van der Waals surface area contributed by atoms with Crippen molar-refractivity contribution in [1.29, 1.82) is 5.26 Å². The molecule has 0 spiro atoms. The molecule has 1 fully saturated rings. The maximum atomic E-state index is 13.4. The number of rotatable bonds is 6. The Kier molecular flexibility index (Phi) is 6.40. The molecule has 0 amide bonds. The Morgan fingerprint density at radius 3 is 2.54 bits per heavy atom. The summed E-state index contributed by atoms with van der Waals surface area (Å²) in [6.45, 7) is 1.47.